The first-order valence-corrected chi connectivity index (χ1v) is 11.2. The summed E-state index contributed by atoms with van der Waals surface area (Å²) in [7, 11) is 0. The minimum absolute atomic E-state index is 0.0229. The number of allylic oxidation sites excluding steroid dienone is 1. The van der Waals surface area contributed by atoms with Gasteiger partial charge in [0.25, 0.3) is 0 Å². The fourth-order valence-corrected chi connectivity index (χ4v) is 5.17. The van der Waals surface area contributed by atoms with Gasteiger partial charge in [0.15, 0.2) is 0 Å². The number of benzene rings is 2. The molecule has 1 aliphatic rings. The molecule has 0 saturated heterocycles. The Bertz CT molecular complexity index is 1040. The fraction of sp³-hybridized carbons (Fsp3) is 0.318. The van der Waals surface area contributed by atoms with E-state index >= 15 is 0 Å². The Labute approximate surface area is 197 Å². The van der Waals surface area contributed by atoms with Crippen LogP contribution in [0.15, 0.2) is 41.8 Å². The molecule has 1 unspecified atom stereocenters. The van der Waals surface area contributed by atoms with Crippen molar-refractivity contribution < 1.29 is 22.7 Å². The lowest BCUT2D eigenvalue weighted by molar-refractivity contribution is -0.160. The quantitative estimate of drug-likeness (QED) is 0.388. The first kappa shape index (κ1) is 24.3. The number of carbonyl (C=O) groups is 1. The molecule has 0 aliphatic carbocycles. The number of esters is 1. The molecule has 0 aromatic heterocycles. The second-order valence-electron chi connectivity index (χ2n) is 8.12. The molecule has 2 nitrogen and oxygen atoms in total. The first-order valence-electron chi connectivity index (χ1n) is 9.15. The summed E-state index contributed by atoms with van der Waals surface area (Å²) in [6, 6.07) is 8.45. The standard InChI is InChI=1S/C22H18Cl3F3O2S/c1-20(2,3)30-19(29)17-5-4-12(6-18(17)25)13-10-21(31-11-13,22(26,27)28)14-7-15(23)9-16(24)8-14/h4-9,11H,10H2,1-3H3. The summed E-state index contributed by atoms with van der Waals surface area (Å²) in [4.78, 5) is 12.3. The van der Waals surface area contributed by atoms with E-state index in [0.717, 1.165) is 0 Å². The number of alkyl halides is 3. The van der Waals surface area contributed by atoms with E-state index < -0.39 is 22.5 Å². The molecule has 31 heavy (non-hydrogen) atoms. The van der Waals surface area contributed by atoms with E-state index in [4.69, 9.17) is 39.5 Å². The molecule has 0 saturated carbocycles. The molecule has 1 heterocycles. The number of rotatable bonds is 3. The maximum Gasteiger partial charge on any atom is 0.407 e. The molecule has 0 radical (unpaired) electrons. The van der Waals surface area contributed by atoms with Gasteiger partial charge in [-0.15, -0.1) is 11.8 Å². The summed E-state index contributed by atoms with van der Waals surface area (Å²) in [6.45, 7) is 5.19. The van der Waals surface area contributed by atoms with Crippen LogP contribution >= 0.6 is 46.6 Å². The average Bonchev–Trinajstić information content (AvgIpc) is 3.06. The Hall–Kier alpha value is -1.34. The number of thioether (sulfide) groups is 1. The van der Waals surface area contributed by atoms with Crippen LogP contribution in [0.3, 0.4) is 0 Å². The van der Waals surface area contributed by atoms with E-state index in [1.54, 1.807) is 26.8 Å². The van der Waals surface area contributed by atoms with Crippen molar-refractivity contribution in [2.45, 2.75) is 43.7 Å². The minimum Gasteiger partial charge on any atom is -0.456 e. The van der Waals surface area contributed by atoms with Crippen molar-refractivity contribution in [2.75, 3.05) is 0 Å². The predicted molar refractivity (Wildman–Crippen MR) is 121 cm³/mol. The molecule has 2 aromatic rings. The summed E-state index contributed by atoms with van der Waals surface area (Å²) in [5.74, 6) is -0.600. The Morgan fingerprint density at radius 3 is 2.16 bits per heavy atom. The molecule has 3 rings (SSSR count). The molecule has 1 atom stereocenters. The summed E-state index contributed by atoms with van der Waals surface area (Å²) >= 11 is 18.9. The van der Waals surface area contributed by atoms with E-state index in [0.29, 0.717) is 22.9 Å². The van der Waals surface area contributed by atoms with E-state index in [-0.39, 0.29) is 32.6 Å². The van der Waals surface area contributed by atoms with Crippen LogP contribution in [0.4, 0.5) is 13.2 Å². The fourth-order valence-electron chi connectivity index (χ4n) is 3.19. The third-order valence-electron chi connectivity index (χ3n) is 4.59. The molecular formula is C22H18Cl3F3O2S. The number of carbonyl (C=O) groups excluding carboxylic acids is 1. The monoisotopic (exact) mass is 508 g/mol. The zero-order valence-electron chi connectivity index (χ0n) is 16.7. The number of hydrogen-bond donors (Lipinski definition) is 0. The van der Waals surface area contributed by atoms with Crippen molar-refractivity contribution in [1.82, 2.24) is 0 Å². The maximum atomic E-state index is 14.2. The molecule has 0 amide bonds. The highest BCUT2D eigenvalue weighted by Crippen LogP contribution is 2.60. The Morgan fingerprint density at radius 2 is 1.65 bits per heavy atom. The molecule has 0 spiro atoms. The first-order chi connectivity index (χ1) is 14.2. The molecule has 0 fully saturated rings. The van der Waals surface area contributed by atoms with Crippen LogP contribution in [-0.4, -0.2) is 17.7 Å². The van der Waals surface area contributed by atoms with Gasteiger partial charge >= 0.3 is 12.1 Å². The van der Waals surface area contributed by atoms with Gasteiger partial charge in [-0.25, -0.2) is 4.79 Å². The Morgan fingerprint density at radius 1 is 1.03 bits per heavy atom. The van der Waals surface area contributed by atoms with E-state index in [1.807, 2.05) is 0 Å². The highest BCUT2D eigenvalue weighted by Gasteiger charge is 2.58. The highest BCUT2D eigenvalue weighted by molar-refractivity contribution is 8.03. The van der Waals surface area contributed by atoms with Gasteiger partial charge < -0.3 is 4.74 Å². The molecule has 9 heteroatoms. The van der Waals surface area contributed by atoms with Crippen LogP contribution in [0.5, 0.6) is 0 Å². The summed E-state index contributed by atoms with van der Waals surface area (Å²) in [5, 5.41) is 1.82. The lowest BCUT2D eigenvalue weighted by atomic mass is 9.88. The van der Waals surface area contributed by atoms with Gasteiger partial charge in [0, 0.05) is 16.5 Å². The zero-order valence-corrected chi connectivity index (χ0v) is 19.8. The van der Waals surface area contributed by atoms with Crippen molar-refractivity contribution >= 4 is 58.1 Å². The topological polar surface area (TPSA) is 26.3 Å². The van der Waals surface area contributed by atoms with E-state index in [2.05, 4.69) is 0 Å². The normalized spacial score (nSPS) is 19.3. The van der Waals surface area contributed by atoms with Crippen LogP contribution in [0.1, 0.15) is 48.7 Å². The van der Waals surface area contributed by atoms with E-state index in [9.17, 15) is 18.0 Å². The number of hydrogen-bond acceptors (Lipinski definition) is 3. The van der Waals surface area contributed by atoms with Gasteiger partial charge in [0.05, 0.1) is 10.6 Å². The van der Waals surface area contributed by atoms with Crippen LogP contribution in [0, 0.1) is 0 Å². The molecule has 2 aromatic carbocycles. The molecule has 166 valence electrons. The van der Waals surface area contributed by atoms with Gasteiger partial charge in [-0.05, 0) is 73.2 Å². The molecule has 0 N–H and O–H groups in total. The predicted octanol–water partition coefficient (Wildman–Crippen LogP) is 8.54. The largest absolute Gasteiger partial charge is 0.456 e. The number of ether oxygens (including phenoxy) is 1. The van der Waals surface area contributed by atoms with Crippen LogP contribution < -0.4 is 0 Å². The molecular weight excluding hydrogens is 492 g/mol. The van der Waals surface area contributed by atoms with Crippen LogP contribution in [-0.2, 0) is 9.48 Å². The van der Waals surface area contributed by atoms with E-state index in [1.165, 1.54) is 35.7 Å². The SMILES string of the molecule is CC(C)(C)OC(=O)c1ccc(C2=CSC(c3cc(Cl)cc(Cl)c3)(C(F)(F)F)C2)cc1Cl. The van der Waals surface area contributed by atoms with Crippen molar-refractivity contribution in [3.05, 3.63) is 73.6 Å². The third kappa shape index (κ3) is 5.19. The van der Waals surface area contributed by atoms with Crippen LogP contribution in [0.25, 0.3) is 5.57 Å². The Kier molecular flexibility index (Phi) is 6.70. The minimum atomic E-state index is -4.57. The van der Waals surface area contributed by atoms with Gasteiger partial charge in [-0.1, -0.05) is 40.9 Å². The van der Waals surface area contributed by atoms with Crippen molar-refractivity contribution in [3.63, 3.8) is 0 Å². The summed E-state index contributed by atoms with van der Waals surface area (Å²) < 4.78 is 45.8. The number of halogens is 6. The lowest BCUT2D eigenvalue weighted by Crippen LogP contribution is -2.37. The third-order valence-corrected chi connectivity index (χ3v) is 6.75. The average molecular weight is 510 g/mol. The lowest BCUT2D eigenvalue weighted by Gasteiger charge is -2.32. The highest BCUT2D eigenvalue weighted by atomic mass is 35.5. The zero-order chi connectivity index (χ0) is 23.2. The van der Waals surface area contributed by atoms with Gasteiger partial charge in [0.1, 0.15) is 10.3 Å². The van der Waals surface area contributed by atoms with Crippen molar-refractivity contribution in [1.29, 1.82) is 0 Å². The molecule has 1 aliphatic heterocycles. The summed E-state index contributed by atoms with van der Waals surface area (Å²) in [6.07, 6.45) is -4.90. The second kappa shape index (κ2) is 8.54. The van der Waals surface area contributed by atoms with Gasteiger partial charge in [-0.3, -0.25) is 0 Å². The second-order valence-corrected chi connectivity index (χ2v) is 10.6. The van der Waals surface area contributed by atoms with Crippen molar-refractivity contribution in [2.24, 2.45) is 0 Å². The van der Waals surface area contributed by atoms with Crippen LogP contribution in [0.2, 0.25) is 15.1 Å². The van der Waals surface area contributed by atoms with Gasteiger partial charge in [-0.2, -0.15) is 13.2 Å². The maximum absolute atomic E-state index is 14.2. The molecule has 0 bridgehead atoms. The van der Waals surface area contributed by atoms with Gasteiger partial charge in [0.2, 0.25) is 0 Å². The Balaban J connectivity index is 1.94. The smallest absolute Gasteiger partial charge is 0.407 e. The summed E-state index contributed by atoms with van der Waals surface area (Å²) in [5.41, 5.74) is 0.356. The van der Waals surface area contributed by atoms with Crippen molar-refractivity contribution in [3.8, 4) is 0 Å².